The predicted octanol–water partition coefficient (Wildman–Crippen LogP) is 2.43. The fraction of sp³-hybridized carbons (Fsp3) is 0.812. The summed E-state index contributed by atoms with van der Waals surface area (Å²) in [5.41, 5.74) is -0.141. The molecule has 2 N–H and O–H groups in total. The zero-order valence-electron chi connectivity index (χ0n) is 15.6. The Morgan fingerprint density at radius 1 is 1.17 bits per heavy atom. The molecule has 23 heavy (non-hydrogen) atoms. The van der Waals surface area contributed by atoms with Crippen LogP contribution in [0.1, 0.15) is 61.1 Å². The number of ether oxygens (including phenoxy) is 1. The molecule has 7 heteroatoms. The Balaban J connectivity index is 2.44. The van der Waals surface area contributed by atoms with E-state index in [2.05, 4.69) is 41.7 Å². The quantitative estimate of drug-likeness (QED) is 0.869. The van der Waals surface area contributed by atoms with Gasteiger partial charge < -0.3 is 15.4 Å². The van der Waals surface area contributed by atoms with Gasteiger partial charge in [-0.05, 0) is 55.4 Å². The van der Waals surface area contributed by atoms with Gasteiger partial charge in [0.05, 0.1) is 23.0 Å². The second-order valence-corrected chi connectivity index (χ2v) is 8.44. The van der Waals surface area contributed by atoms with Gasteiger partial charge in [-0.3, -0.25) is 0 Å². The number of alkyl carbamates (subject to hydrolysis) is 1. The van der Waals surface area contributed by atoms with Crippen molar-refractivity contribution < 1.29 is 9.53 Å². The molecular weight excluding hydrogens is 294 g/mol. The van der Waals surface area contributed by atoms with Crippen molar-refractivity contribution in [3.05, 3.63) is 11.9 Å². The highest BCUT2D eigenvalue weighted by molar-refractivity contribution is 5.68. The lowest BCUT2D eigenvalue weighted by Gasteiger charge is -2.28. The topological polar surface area (TPSA) is 81.1 Å². The number of carbonyl (C=O) groups excluding carboxylic acids is 1. The molecule has 1 aromatic heterocycles. The maximum Gasteiger partial charge on any atom is 0.408 e. The zero-order valence-corrected chi connectivity index (χ0v) is 15.6. The number of aromatic nitrogens is 3. The van der Waals surface area contributed by atoms with E-state index in [-0.39, 0.29) is 5.54 Å². The Kier molecular flexibility index (Phi) is 5.79. The van der Waals surface area contributed by atoms with E-state index in [1.807, 2.05) is 45.5 Å². The minimum absolute atomic E-state index is 0.0806. The molecule has 0 aliphatic rings. The lowest BCUT2D eigenvalue weighted by Crippen LogP contribution is -2.51. The van der Waals surface area contributed by atoms with E-state index in [0.29, 0.717) is 13.1 Å². The normalized spacial score (nSPS) is 13.0. The predicted molar refractivity (Wildman–Crippen MR) is 90.2 cm³/mol. The van der Waals surface area contributed by atoms with Crippen molar-refractivity contribution in [2.45, 2.75) is 78.6 Å². The third kappa shape index (κ3) is 7.45. The monoisotopic (exact) mass is 325 g/mol. The van der Waals surface area contributed by atoms with Crippen molar-refractivity contribution >= 4 is 6.09 Å². The first-order valence-corrected chi connectivity index (χ1v) is 7.92. The fourth-order valence-electron chi connectivity index (χ4n) is 1.83. The van der Waals surface area contributed by atoms with Gasteiger partial charge in [-0.15, -0.1) is 5.10 Å². The first-order valence-electron chi connectivity index (χ1n) is 7.92. The molecule has 0 saturated carbocycles. The van der Waals surface area contributed by atoms with Gasteiger partial charge in [0, 0.05) is 13.1 Å². The van der Waals surface area contributed by atoms with Crippen LogP contribution in [0.4, 0.5) is 4.79 Å². The smallest absolute Gasteiger partial charge is 0.408 e. The van der Waals surface area contributed by atoms with E-state index < -0.39 is 17.2 Å². The Hall–Kier alpha value is -1.63. The van der Waals surface area contributed by atoms with Crippen LogP contribution in [0.15, 0.2) is 6.20 Å². The van der Waals surface area contributed by atoms with Crippen LogP contribution in [0.5, 0.6) is 0 Å². The van der Waals surface area contributed by atoms with E-state index in [0.717, 1.165) is 5.69 Å². The van der Waals surface area contributed by atoms with Crippen molar-refractivity contribution in [1.29, 1.82) is 0 Å². The van der Waals surface area contributed by atoms with Gasteiger partial charge in [0.25, 0.3) is 0 Å². The minimum Gasteiger partial charge on any atom is -0.444 e. The molecule has 132 valence electrons. The summed E-state index contributed by atoms with van der Waals surface area (Å²) in [6.07, 6.45) is 1.52. The molecular formula is C16H31N5O2. The van der Waals surface area contributed by atoms with Crippen molar-refractivity contribution in [2.24, 2.45) is 0 Å². The summed E-state index contributed by atoms with van der Waals surface area (Å²) in [6.45, 7) is 16.8. The molecule has 1 heterocycles. The summed E-state index contributed by atoms with van der Waals surface area (Å²) in [5.74, 6) is 0. The first kappa shape index (κ1) is 19.4. The molecule has 0 radical (unpaired) electrons. The SMILES string of the molecule is CC(C)(CNCc1cn(C(C)(C)C)nn1)NC(=O)OC(C)(C)C. The highest BCUT2D eigenvalue weighted by Crippen LogP contribution is 2.12. The number of carbonyl (C=O) groups is 1. The molecule has 0 aliphatic carbocycles. The van der Waals surface area contributed by atoms with Crippen LogP contribution in [0.3, 0.4) is 0 Å². The average Bonchev–Trinajstić information content (AvgIpc) is 2.72. The molecule has 0 fully saturated rings. The minimum atomic E-state index is -0.501. The molecule has 1 rings (SSSR count). The summed E-state index contributed by atoms with van der Waals surface area (Å²) in [4.78, 5) is 11.8. The number of hydrogen-bond donors (Lipinski definition) is 2. The van der Waals surface area contributed by atoms with Gasteiger partial charge in [-0.1, -0.05) is 5.21 Å². The maximum absolute atomic E-state index is 11.8. The van der Waals surface area contributed by atoms with Crippen LogP contribution in [-0.2, 0) is 16.8 Å². The average molecular weight is 325 g/mol. The summed E-state index contributed by atoms with van der Waals surface area (Å²) in [6, 6.07) is 0. The lowest BCUT2D eigenvalue weighted by atomic mass is 10.1. The van der Waals surface area contributed by atoms with Crippen molar-refractivity contribution in [3.8, 4) is 0 Å². The number of amides is 1. The van der Waals surface area contributed by atoms with Crippen LogP contribution >= 0.6 is 0 Å². The molecule has 1 aromatic rings. The molecule has 0 saturated heterocycles. The van der Waals surface area contributed by atoms with Crippen LogP contribution in [0, 0.1) is 0 Å². The maximum atomic E-state index is 11.8. The summed E-state index contributed by atoms with van der Waals surface area (Å²) >= 11 is 0. The highest BCUT2D eigenvalue weighted by atomic mass is 16.6. The molecule has 1 amide bonds. The van der Waals surface area contributed by atoms with Crippen molar-refractivity contribution in [1.82, 2.24) is 25.6 Å². The molecule has 0 unspecified atom stereocenters. The Bertz CT molecular complexity index is 523. The van der Waals surface area contributed by atoms with Gasteiger partial charge in [0.15, 0.2) is 0 Å². The third-order valence-corrected chi connectivity index (χ3v) is 2.94. The molecule has 0 aliphatic heterocycles. The highest BCUT2D eigenvalue weighted by Gasteiger charge is 2.24. The zero-order chi connectivity index (χ0) is 17.9. The standard InChI is InChI=1S/C16H31N5O2/c1-14(2,3)21-10-12(19-20-21)9-17-11-16(7,8)18-13(22)23-15(4,5)6/h10,17H,9,11H2,1-8H3,(H,18,22). The summed E-state index contributed by atoms with van der Waals surface area (Å²) in [7, 11) is 0. The van der Waals surface area contributed by atoms with E-state index >= 15 is 0 Å². The molecule has 0 atom stereocenters. The fourth-order valence-corrected chi connectivity index (χ4v) is 1.83. The largest absolute Gasteiger partial charge is 0.444 e. The van der Waals surface area contributed by atoms with Gasteiger partial charge in [0.1, 0.15) is 5.60 Å². The molecule has 0 aromatic carbocycles. The lowest BCUT2D eigenvalue weighted by molar-refractivity contribution is 0.0472. The number of rotatable bonds is 5. The Labute approximate surface area is 139 Å². The van der Waals surface area contributed by atoms with Gasteiger partial charge in [0.2, 0.25) is 0 Å². The van der Waals surface area contributed by atoms with Crippen LogP contribution in [-0.4, -0.2) is 38.8 Å². The van der Waals surface area contributed by atoms with Crippen LogP contribution < -0.4 is 10.6 Å². The van der Waals surface area contributed by atoms with Crippen LogP contribution in [0.25, 0.3) is 0 Å². The van der Waals surface area contributed by atoms with Gasteiger partial charge in [-0.2, -0.15) is 0 Å². The second-order valence-electron chi connectivity index (χ2n) is 8.44. The van der Waals surface area contributed by atoms with Crippen molar-refractivity contribution in [2.75, 3.05) is 6.54 Å². The van der Waals surface area contributed by atoms with E-state index in [4.69, 9.17) is 4.74 Å². The molecule has 7 nitrogen and oxygen atoms in total. The third-order valence-electron chi connectivity index (χ3n) is 2.94. The second kappa shape index (κ2) is 6.86. The summed E-state index contributed by atoms with van der Waals surface area (Å²) < 4.78 is 7.12. The first-order chi connectivity index (χ1) is 10.3. The van der Waals surface area contributed by atoms with Crippen molar-refractivity contribution in [3.63, 3.8) is 0 Å². The van der Waals surface area contributed by atoms with Gasteiger partial charge in [-0.25, -0.2) is 9.48 Å². The van der Waals surface area contributed by atoms with Crippen LogP contribution in [0.2, 0.25) is 0 Å². The molecule has 0 bridgehead atoms. The van der Waals surface area contributed by atoms with E-state index in [9.17, 15) is 4.79 Å². The Morgan fingerprint density at radius 3 is 2.26 bits per heavy atom. The number of nitrogens with zero attached hydrogens (tertiary/aromatic N) is 3. The Morgan fingerprint density at radius 2 is 1.78 bits per heavy atom. The number of hydrogen-bond acceptors (Lipinski definition) is 5. The van der Waals surface area contributed by atoms with Gasteiger partial charge >= 0.3 is 6.09 Å². The molecule has 0 spiro atoms. The van der Waals surface area contributed by atoms with E-state index in [1.54, 1.807) is 0 Å². The van der Waals surface area contributed by atoms with E-state index in [1.165, 1.54) is 0 Å². The summed E-state index contributed by atoms with van der Waals surface area (Å²) in [5, 5.41) is 14.4. The number of nitrogens with one attached hydrogen (secondary N) is 2.